The van der Waals surface area contributed by atoms with Crippen LogP contribution < -0.4 is 10.0 Å². The molecule has 2 aromatic carbocycles. The highest BCUT2D eigenvalue weighted by Crippen LogP contribution is 2.37. The number of carbonyl (C=O) groups excluding carboxylic acids is 1. The molecule has 0 aliphatic heterocycles. The van der Waals surface area contributed by atoms with E-state index < -0.39 is 15.6 Å². The highest BCUT2D eigenvalue weighted by molar-refractivity contribution is 7.92. The van der Waals surface area contributed by atoms with Gasteiger partial charge in [-0.2, -0.15) is 4.98 Å². The maximum Gasteiger partial charge on any atom is 0.261 e. The number of aromatic nitrogens is 2. The first-order valence-electron chi connectivity index (χ1n) is 10.5. The Labute approximate surface area is 187 Å². The summed E-state index contributed by atoms with van der Waals surface area (Å²) >= 11 is 0. The minimum Gasteiger partial charge on any atom is -0.340 e. The Hall–Kier alpha value is -3.20. The summed E-state index contributed by atoms with van der Waals surface area (Å²) in [5.41, 5.74) is 2.08. The quantitative estimate of drug-likeness (QED) is 0.582. The number of nitrogens with zero attached hydrogens (tertiary/aromatic N) is 2. The third kappa shape index (κ3) is 4.38. The van der Waals surface area contributed by atoms with Crippen LogP contribution in [0.3, 0.4) is 0 Å². The van der Waals surface area contributed by atoms with E-state index in [1.807, 2.05) is 13.8 Å². The van der Waals surface area contributed by atoms with E-state index in [9.17, 15) is 13.2 Å². The van der Waals surface area contributed by atoms with E-state index in [-0.39, 0.29) is 10.8 Å². The van der Waals surface area contributed by atoms with Crippen LogP contribution in [0.2, 0.25) is 0 Å². The topological polar surface area (TPSA) is 114 Å². The van der Waals surface area contributed by atoms with Gasteiger partial charge in [0.25, 0.3) is 15.9 Å². The summed E-state index contributed by atoms with van der Waals surface area (Å²) in [5, 5.41) is 7.11. The molecule has 0 spiro atoms. The number of benzene rings is 2. The van der Waals surface area contributed by atoms with Gasteiger partial charge in [-0.05, 0) is 74.2 Å². The molecule has 1 aliphatic carbocycles. The van der Waals surface area contributed by atoms with E-state index >= 15 is 0 Å². The molecule has 1 aromatic heterocycles. The average Bonchev–Trinajstić information content (AvgIpc) is 3.40. The molecule has 0 atom stereocenters. The largest absolute Gasteiger partial charge is 0.340 e. The molecule has 168 valence electrons. The van der Waals surface area contributed by atoms with E-state index in [1.165, 1.54) is 0 Å². The summed E-state index contributed by atoms with van der Waals surface area (Å²) in [6.45, 7) is 5.52. The van der Waals surface area contributed by atoms with Crippen molar-refractivity contribution in [2.24, 2.45) is 0 Å². The molecular weight excluding hydrogens is 428 g/mol. The molecule has 0 radical (unpaired) electrons. The lowest BCUT2D eigenvalue weighted by molar-refractivity contribution is 0.0892. The van der Waals surface area contributed by atoms with Gasteiger partial charge in [-0.3, -0.25) is 9.52 Å². The summed E-state index contributed by atoms with van der Waals surface area (Å²) in [6.07, 6.45) is 3.41. The number of carbonyl (C=O) groups is 1. The van der Waals surface area contributed by atoms with Crippen LogP contribution in [-0.2, 0) is 15.6 Å². The van der Waals surface area contributed by atoms with E-state index in [0.29, 0.717) is 23.0 Å². The SMILES string of the molecule is Cc1nc(C2(NC(=O)c3ccc(NS(=O)(=O)c4ccc(C)c(C)c4)cc3)CCCC2)no1. The monoisotopic (exact) mass is 454 g/mol. The van der Waals surface area contributed by atoms with E-state index in [2.05, 4.69) is 20.2 Å². The van der Waals surface area contributed by atoms with Crippen molar-refractivity contribution >= 4 is 21.6 Å². The number of hydrogen-bond donors (Lipinski definition) is 2. The molecule has 1 heterocycles. The van der Waals surface area contributed by atoms with Gasteiger partial charge in [-0.25, -0.2) is 8.42 Å². The number of rotatable bonds is 6. The van der Waals surface area contributed by atoms with Crippen molar-refractivity contribution in [3.63, 3.8) is 0 Å². The Morgan fingerprint density at radius 1 is 1.00 bits per heavy atom. The molecule has 3 aromatic rings. The molecule has 9 heteroatoms. The lowest BCUT2D eigenvalue weighted by Gasteiger charge is -2.26. The zero-order chi connectivity index (χ0) is 22.9. The van der Waals surface area contributed by atoms with Crippen LogP contribution >= 0.6 is 0 Å². The van der Waals surface area contributed by atoms with Crippen LogP contribution in [0.1, 0.15) is 58.9 Å². The van der Waals surface area contributed by atoms with Crippen molar-refractivity contribution in [3.05, 3.63) is 70.9 Å². The lowest BCUT2D eigenvalue weighted by Crippen LogP contribution is -2.44. The Balaban J connectivity index is 1.49. The third-order valence-electron chi connectivity index (χ3n) is 5.95. The average molecular weight is 455 g/mol. The molecule has 1 saturated carbocycles. The number of sulfonamides is 1. The van der Waals surface area contributed by atoms with Crippen molar-refractivity contribution in [2.75, 3.05) is 4.72 Å². The van der Waals surface area contributed by atoms with Gasteiger partial charge in [0, 0.05) is 18.2 Å². The van der Waals surface area contributed by atoms with E-state index in [0.717, 1.165) is 36.8 Å². The molecule has 0 bridgehead atoms. The van der Waals surface area contributed by atoms with Gasteiger partial charge < -0.3 is 9.84 Å². The number of nitrogens with one attached hydrogen (secondary N) is 2. The summed E-state index contributed by atoms with van der Waals surface area (Å²) in [7, 11) is -3.73. The maximum atomic E-state index is 12.9. The number of aryl methyl sites for hydroxylation is 3. The first-order valence-corrected chi connectivity index (χ1v) is 12.0. The second kappa shape index (κ2) is 8.38. The Morgan fingerprint density at radius 2 is 1.69 bits per heavy atom. The molecular formula is C23H26N4O4S. The second-order valence-electron chi connectivity index (χ2n) is 8.31. The molecule has 1 fully saturated rings. The number of amides is 1. The van der Waals surface area contributed by atoms with Crippen molar-refractivity contribution in [1.82, 2.24) is 15.5 Å². The van der Waals surface area contributed by atoms with Crippen molar-refractivity contribution in [1.29, 1.82) is 0 Å². The molecule has 8 nitrogen and oxygen atoms in total. The molecule has 2 N–H and O–H groups in total. The minimum absolute atomic E-state index is 0.195. The minimum atomic E-state index is -3.73. The van der Waals surface area contributed by atoms with Crippen LogP contribution in [0.25, 0.3) is 0 Å². The first kappa shape index (κ1) is 22.0. The first-order chi connectivity index (χ1) is 15.2. The summed E-state index contributed by atoms with van der Waals surface area (Å²) in [4.78, 5) is 17.5. The normalized spacial score (nSPS) is 15.5. The van der Waals surface area contributed by atoms with Crippen LogP contribution in [0.5, 0.6) is 0 Å². The lowest BCUT2D eigenvalue weighted by atomic mass is 9.96. The van der Waals surface area contributed by atoms with Crippen LogP contribution in [0.4, 0.5) is 5.69 Å². The second-order valence-corrected chi connectivity index (χ2v) is 9.99. The Morgan fingerprint density at radius 3 is 2.28 bits per heavy atom. The van der Waals surface area contributed by atoms with Gasteiger partial charge >= 0.3 is 0 Å². The van der Waals surface area contributed by atoms with Gasteiger partial charge in [0.1, 0.15) is 5.54 Å². The van der Waals surface area contributed by atoms with Gasteiger partial charge in [-0.15, -0.1) is 0 Å². The Kier molecular flexibility index (Phi) is 5.77. The molecule has 4 rings (SSSR count). The number of anilines is 1. The predicted molar refractivity (Wildman–Crippen MR) is 120 cm³/mol. The fourth-order valence-electron chi connectivity index (χ4n) is 3.95. The Bertz CT molecular complexity index is 1240. The van der Waals surface area contributed by atoms with Crippen LogP contribution in [-0.4, -0.2) is 24.5 Å². The number of hydrogen-bond acceptors (Lipinski definition) is 6. The van der Waals surface area contributed by atoms with Gasteiger partial charge in [-0.1, -0.05) is 24.1 Å². The summed E-state index contributed by atoms with van der Waals surface area (Å²) < 4.78 is 33.1. The molecule has 32 heavy (non-hydrogen) atoms. The highest BCUT2D eigenvalue weighted by Gasteiger charge is 2.41. The molecule has 1 aliphatic rings. The van der Waals surface area contributed by atoms with Gasteiger partial charge in [0.2, 0.25) is 5.89 Å². The van der Waals surface area contributed by atoms with E-state index in [4.69, 9.17) is 4.52 Å². The maximum absolute atomic E-state index is 12.9. The summed E-state index contributed by atoms with van der Waals surface area (Å²) in [6, 6.07) is 11.3. The van der Waals surface area contributed by atoms with Gasteiger partial charge in [0.05, 0.1) is 4.90 Å². The zero-order valence-electron chi connectivity index (χ0n) is 18.3. The standard InChI is InChI=1S/C23H26N4O4S/c1-15-6-11-20(14-16(15)2)32(29,30)27-19-9-7-18(8-10-19)21(28)25-23(12-4-5-13-23)22-24-17(3)31-26-22/h6-11,14,27H,4-5,12-13H2,1-3H3,(H,25,28). The van der Waals surface area contributed by atoms with Crippen molar-refractivity contribution < 1.29 is 17.7 Å². The third-order valence-corrected chi connectivity index (χ3v) is 7.33. The molecule has 1 amide bonds. The summed E-state index contributed by atoms with van der Waals surface area (Å²) in [5.74, 6) is 0.692. The van der Waals surface area contributed by atoms with Crippen LogP contribution in [0.15, 0.2) is 51.9 Å². The smallest absolute Gasteiger partial charge is 0.261 e. The molecule has 0 saturated heterocycles. The van der Waals surface area contributed by atoms with Crippen molar-refractivity contribution in [2.45, 2.75) is 56.9 Å². The van der Waals surface area contributed by atoms with Gasteiger partial charge in [0.15, 0.2) is 5.82 Å². The highest BCUT2D eigenvalue weighted by atomic mass is 32.2. The fraction of sp³-hybridized carbons (Fsp3) is 0.348. The zero-order valence-corrected chi connectivity index (χ0v) is 19.1. The predicted octanol–water partition coefficient (Wildman–Crippen LogP) is 3.99. The van der Waals surface area contributed by atoms with Crippen molar-refractivity contribution in [3.8, 4) is 0 Å². The fourth-order valence-corrected chi connectivity index (χ4v) is 5.09. The molecule has 0 unspecified atom stereocenters. The van der Waals surface area contributed by atoms with Crippen LogP contribution in [0, 0.1) is 20.8 Å². The van der Waals surface area contributed by atoms with E-state index in [1.54, 1.807) is 49.4 Å².